The van der Waals surface area contributed by atoms with E-state index in [4.69, 9.17) is 4.74 Å². The molecule has 0 atom stereocenters. The first-order valence-corrected chi connectivity index (χ1v) is 8.02. The van der Waals surface area contributed by atoms with Crippen LogP contribution in [0.25, 0.3) is 0 Å². The van der Waals surface area contributed by atoms with Crippen LogP contribution in [0.15, 0.2) is 48.5 Å². The second kappa shape index (κ2) is 7.32. The SMILES string of the molecule is Oc1ccc(Cc2ccccc2OCCN2CCCC2)cc1. The zero-order chi connectivity index (χ0) is 15.2. The number of nitrogens with zero attached hydrogens (tertiary/aromatic N) is 1. The zero-order valence-electron chi connectivity index (χ0n) is 12.9. The van der Waals surface area contributed by atoms with E-state index in [1.807, 2.05) is 30.3 Å². The van der Waals surface area contributed by atoms with E-state index in [1.54, 1.807) is 12.1 Å². The van der Waals surface area contributed by atoms with Crippen LogP contribution in [0.4, 0.5) is 0 Å². The van der Waals surface area contributed by atoms with Crippen LogP contribution < -0.4 is 4.74 Å². The van der Waals surface area contributed by atoms with Gasteiger partial charge in [-0.1, -0.05) is 30.3 Å². The summed E-state index contributed by atoms with van der Waals surface area (Å²) in [6.07, 6.45) is 3.45. The van der Waals surface area contributed by atoms with Crippen LogP contribution in [0.2, 0.25) is 0 Å². The molecule has 2 aromatic carbocycles. The fraction of sp³-hybridized carbons (Fsp3) is 0.368. The fourth-order valence-corrected chi connectivity index (χ4v) is 2.92. The molecule has 1 N–H and O–H groups in total. The van der Waals surface area contributed by atoms with Crippen molar-refractivity contribution >= 4 is 0 Å². The number of para-hydroxylation sites is 1. The molecule has 0 aliphatic carbocycles. The summed E-state index contributed by atoms with van der Waals surface area (Å²) in [4.78, 5) is 2.46. The van der Waals surface area contributed by atoms with Gasteiger partial charge >= 0.3 is 0 Å². The molecule has 2 aromatic rings. The first-order chi connectivity index (χ1) is 10.8. The molecule has 3 heteroatoms. The lowest BCUT2D eigenvalue weighted by atomic mass is 10.0. The number of ether oxygens (including phenoxy) is 1. The summed E-state index contributed by atoms with van der Waals surface area (Å²) < 4.78 is 6.00. The lowest BCUT2D eigenvalue weighted by Gasteiger charge is -2.16. The highest BCUT2D eigenvalue weighted by Crippen LogP contribution is 2.22. The van der Waals surface area contributed by atoms with Crippen molar-refractivity contribution in [1.82, 2.24) is 4.90 Å². The van der Waals surface area contributed by atoms with Gasteiger partial charge in [-0.25, -0.2) is 0 Å². The van der Waals surface area contributed by atoms with Gasteiger partial charge in [-0.2, -0.15) is 0 Å². The first kappa shape index (κ1) is 14.9. The molecule has 0 amide bonds. The van der Waals surface area contributed by atoms with Gasteiger partial charge in [0.05, 0.1) is 0 Å². The molecule has 3 rings (SSSR count). The average Bonchev–Trinajstić information content (AvgIpc) is 3.05. The van der Waals surface area contributed by atoms with Gasteiger partial charge in [-0.15, -0.1) is 0 Å². The first-order valence-electron chi connectivity index (χ1n) is 8.02. The van der Waals surface area contributed by atoms with Crippen LogP contribution in [0.5, 0.6) is 11.5 Å². The maximum Gasteiger partial charge on any atom is 0.122 e. The van der Waals surface area contributed by atoms with Crippen LogP contribution in [-0.2, 0) is 6.42 Å². The van der Waals surface area contributed by atoms with Crippen molar-refractivity contribution in [2.24, 2.45) is 0 Å². The van der Waals surface area contributed by atoms with Gasteiger partial charge in [-0.05, 0) is 55.3 Å². The average molecular weight is 297 g/mol. The standard InChI is InChI=1S/C19H23NO2/c21-18-9-7-16(8-10-18)15-17-5-1-2-6-19(17)22-14-13-20-11-3-4-12-20/h1-2,5-10,21H,3-4,11-15H2. The molecule has 0 unspecified atom stereocenters. The Morgan fingerprint density at radius 3 is 2.45 bits per heavy atom. The van der Waals surface area contributed by atoms with Crippen molar-refractivity contribution in [2.45, 2.75) is 19.3 Å². The number of aromatic hydroxyl groups is 1. The van der Waals surface area contributed by atoms with Gasteiger partial charge in [0.15, 0.2) is 0 Å². The van der Waals surface area contributed by atoms with E-state index in [-0.39, 0.29) is 0 Å². The monoisotopic (exact) mass is 297 g/mol. The topological polar surface area (TPSA) is 32.7 Å². The van der Waals surface area contributed by atoms with Crippen molar-refractivity contribution in [3.63, 3.8) is 0 Å². The quantitative estimate of drug-likeness (QED) is 0.886. The van der Waals surface area contributed by atoms with Gasteiger partial charge in [0, 0.05) is 13.0 Å². The summed E-state index contributed by atoms with van der Waals surface area (Å²) in [6.45, 7) is 4.16. The van der Waals surface area contributed by atoms with E-state index in [9.17, 15) is 5.11 Å². The minimum absolute atomic E-state index is 0.305. The van der Waals surface area contributed by atoms with Crippen molar-refractivity contribution < 1.29 is 9.84 Å². The molecule has 0 bridgehead atoms. The van der Waals surface area contributed by atoms with Crippen LogP contribution in [0.1, 0.15) is 24.0 Å². The smallest absolute Gasteiger partial charge is 0.122 e. The Labute approximate surface area is 132 Å². The lowest BCUT2D eigenvalue weighted by Crippen LogP contribution is -2.25. The molecule has 1 aliphatic heterocycles. The van der Waals surface area contributed by atoms with E-state index in [0.29, 0.717) is 5.75 Å². The minimum Gasteiger partial charge on any atom is -0.508 e. The number of phenols is 1. The highest BCUT2D eigenvalue weighted by molar-refractivity contribution is 5.38. The molecule has 1 fully saturated rings. The highest BCUT2D eigenvalue weighted by Gasteiger charge is 2.11. The highest BCUT2D eigenvalue weighted by atomic mass is 16.5. The second-order valence-electron chi connectivity index (χ2n) is 5.85. The summed E-state index contributed by atoms with van der Waals surface area (Å²) in [5.74, 6) is 1.27. The van der Waals surface area contributed by atoms with Crippen LogP contribution >= 0.6 is 0 Å². The van der Waals surface area contributed by atoms with Crippen molar-refractivity contribution in [3.05, 3.63) is 59.7 Å². The molecule has 0 radical (unpaired) electrons. The number of benzene rings is 2. The Morgan fingerprint density at radius 2 is 1.68 bits per heavy atom. The normalized spacial score (nSPS) is 15.1. The van der Waals surface area contributed by atoms with Crippen LogP contribution in [0, 0.1) is 0 Å². The molecular formula is C19H23NO2. The third kappa shape index (κ3) is 4.01. The maximum atomic E-state index is 9.37. The summed E-state index contributed by atoms with van der Waals surface area (Å²) in [6, 6.07) is 15.6. The zero-order valence-corrected chi connectivity index (χ0v) is 12.9. The molecule has 22 heavy (non-hydrogen) atoms. The number of rotatable bonds is 6. The summed E-state index contributed by atoms with van der Waals surface area (Å²) in [5.41, 5.74) is 2.36. The van der Waals surface area contributed by atoms with Crippen LogP contribution in [-0.4, -0.2) is 36.2 Å². The third-order valence-electron chi connectivity index (χ3n) is 4.17. The van der Waals surface area contributed by atoms with E-state index < -0.39 is 0 Å². The molecule has 1 heterocycles. The number of hydrogen-bond acceptors (Lipinski definition) is 3. The maximum absolute atomic E-state index is 9.37. The van der Waals surface area contributed by atoms with E-state index in [0.717, 1.165) is 25.3 Å². The van der Waals surface area contributed by atoms with Crippen molar-refractivity contribution in [1.29, 1.82) is 0 Å². The summed E-state index contributed by atoms with van der Waals surface area (Å²) >= 11 is 0. The third-order valence-corrected chi connectivity index (χ3v) is 4.17. The minimum atomic E-state index is 0.305. The molecule has 116 valence electrons. The van der Waals surface area contributed by atoms with Crippen LogP contribution in [0.3, 0.4) is 0 Å². The Kier molecular flexibility index (Phi) is 4.96. The number of phenolic OH excluding ortho intramolecular Hbond substituents is 1. The van der Waals surface area contributed by atoms with Gasteiger partial charge in [0.2, 0.25) is 0 Å². The fourth-order valence-electron chi connectivity index (χ4n) is 2.92. The van der Waals surface area contributed by atoms with Gasteiger partial charge in [-0.3, -0.25) is 4.90 Å². The van der Waals surface area contributed by atoms with Gasteiger partial charge in [0.25, 0.3) is 0 Å². The molecule has 0 saturated carbocycles. The van der Waals surface area contributed by atoms with E-state index >= 15 is 0 Å². The lowest BCUT2D eigenvalue weighted by molar-refractivity contribution is 0.236. The predicted octanol–water partition coefficient (Wildman–Crippen LogP) is 3.46. The largest absolute Gasteiger partial charge is 0.508 e. The molecular weight excluding hydrogens is 274 g/mol. The Morgan fingerprint density at radius 1 is 0.955 bits per heavy atom. The second-order valence-corrected chi connectivity index (χ2v) is 5.85. The summed E-state index contributed by atoms with van der Waals surface area (Å²) in [7, 11) is 0. The van der Waals surface area contributed by atoms with Gasteiger partial charge in [0.1, 0.15) is 18.1 Å². The van der Waals surface area contributed by atoms with Crippen molar-refractivity contribution in [2.75, 3.05) is 26.2 Å². The molecule has 0 spiro atoms. The Bertz CT molecular complexity index is 589. The van der Waals surface area contributed by atoms with Crippen molar-refractivity contribution in [3.8, 4) is 11.5 Å². The molecule has 1 saturated heterocycles. The summed E-state index contributed by atoms with van der Waals surface area (Å²) in [5, 5.41) is 9.37. The van der Waals surface area contributed by atoms with E-state index in [2.05, 4.69) is 11.0 Å². The van der Waals surface area contributed by atoms with Gasteiger partial charge < -0.3 is 9.84 Å². The Hall–Kier alpha value is -2.00. The van der Waals surface area contributed by atoms with E-state index in [1.165, 1.54) is 37.1 Å². The number of hydrogen-bond donors (Lipinski definition) is 1. The molecule has 0 aromatic heterocycles. The predicted molar refractivity (Wildman–Crippen MR) is 88.5 cm³/mol. The molecule has 1 aliphatic rings. The number of likely N-dealkylation sites (tertiary alicyclic amines) is 1. The Balaban J connectivity index is 1.60. The molecule has 3 nitrogen and oxygen atoms in total.